The molecule has 2 fully saturated rings. The van der Waals surface area contributed by atoms with Gasteiger partial charge in [0.15, 0.2) is 9.84 Å². The number of nitrogens with one attached hydrogen (secondary N) is 1. The van der Waals surface area contributed by atoms with E-state index in [9.17, 15) is 8.42 Å². The van der Waals surface area contributed by atoms with Gasteiger partial charge in [-0.05, 0) is 51.7 Å². The van der Waals surface area contributed by atoms with Crippen LogP contribution in [0, 0.1) is 5.92 Å². The van der Waals surface area contributed by atoms with E-state index in [2.05, 4.69) is 24.1 Å². The van der Waals surface area contributed by atoms with Gasteiger partial charge in [-0.3, -0.25) is 0 Å². The predicted molar refractivity (Wildman–Crippen MR) is 74.5 cm³/mol. The fourth-order valence-electron chi connectivity index (χ4n) is 3.20. The van der Waals surface area contributed by atoms with Crippen LogP contribution in [0.1, 0.15) is 33.1 Å². The number of likely N-dealkylation sites (tertiary alicyclic amines) is 1. The highest BCUT2D eigenvalue weighted by molar-refractivity contribution is 7.91. The van der Waals surface area contributed by atoms with E-state index in [1.54, 1.807) is 0 Å². The van der Waals surface area contributed by atoms with Gasteiger partial charge in [0.05, 0.1) is 11.5 Å². The van der Waals surface area contributed by atoms with Crippen LogP contribution in [0.25, 0.3) is 0 Å². The zero-order chi connectivity index (χ0) is 13.2. The smallest absolute Gasteiger partial charge is 0.151 e. The molecule has 2 rings (SSSR count). The molecule has 0 aromatic rings. The molecule has 2 atom stereocenters. The van der Waals surface area contributed by atoms with Crippen LogP contribution in [0.2, 0.25) is 0 Å². The maximum atomic E-state index is 11.4. The van der Waals surface area contributed by atoms with Gasteiger partial charge in [-0.15, -0.1) is 0 Å². The molecule has 2 unspecified atom stereocenters. The highest BCUT2D eigenvalue weighted by Gasteiger charge is 2.31. The summed E-state index contributed by atoms with van der Waals surface area (Å²) >= 11 is 0. The summed E-state index contributed by atoms with van der Waals surface area (Å²) in [6.07, 6.45) is 3.27. The van der Waals surface area contributed by atoms with E-state index in [1.807, 2.05) is 0 Å². The highest BCUT2D eigenvalue weighted by Crippen LogP contribution is 2.22. The Morgan fingerprint density at radius 3 is 2.44 bits per heavy atom. The van der Waals surface area contributed by atoms with Crippen molar-refractivity contribution in [3.63, 3.8) is 0 Å². The van der Waals surface area contributed by atoms with Crippen molar-refractivity contribution >= 4 is 9.84 Å². The average Bonchev–Trinajstić information content (AvgIpc) is 2.68. The van der Waals surface area contributed by atoms with Gasteiger partial charge in [0.25, 0.3) is 0 Å². The summed E-state index contributed by atoms with van der Waals surface area (Å²) < 4.78 is 22.9. The zero-order valence-electron chi connectivity index (χ0n) is 11.6. The van der Waals surface area contributed by atoms with Crippen molar-refractivity contribution in [1.29, 1.82) is 0 Å². The number of nitrogens with zero attached hydrogens (tertiary/aromatic N) is 1. The third-order valence-corrected chi connectivity index (χ3v) is 6.29. The molecule has 2 saturated heterocycles. The molecule has 0 aromatic carbocycles. The van der Waals surface area contributed by atoms with Crippen LogP contribution in [0.4, 0.5) is 0 Å². The van der Waals surface area contributed by atoms with Crippen LogP contribution < -0.4 is 5.32 Å². The van der Waals surface area contributed by atoms with Crippen molar-refractivity contribution < 1.29 is 8.42 Å². The van der Waals surface area contributed by atoms with Crippen molar-refractivity contribution in [3.8, 4) is 0 Å². The van der Waals surface area contributed by atoms with Crippen LogP contribution in [0.3, 0.4) is 0 Å². The van der Waals surface area contributed by atoms with Gasteiger partial charge in [0.1, 0.15) is 0 Å². The number of hydrogen-bond acceptors (Lipinski definition) is 4. The first-order valence-corrected chi connectivity index (χ1v) is 9.01. The van der Waals surface area contributed by atoms with Crippen LogP contribution in [-0.4, -0.2) is 56.5 Å². The Hall–Kier alpha value is -0.130. The fourth-order valence-corrected chi connectivity index (χ4v) is 4.89. The molecule has 1 N–H and O–H groups in total. The van der Waals surface area contributed by atoms with Gasteiger partial charge in [0, 0.05) is 12.1 Å². The van der Waals surface area contributed by atoms with E-state index < -0.39 is 9.84 Å². The second-order valence-corrected chi connectivity index (χ2v) is 8.06. The average molecular weight is 274 g/mol. The molecule has 2 aliphatic rings. The molecule has 0 aromatic heterocycles. The third-order valence-electron chi connectivity index (χ3n) is 4.52. The largest absolute Gasteiger partial charge is 0.310 e. The molecule has 0 radical (unpaired) electrons. The van der Waals surface area contributed by atoms with Gasteiger partial charge in [0.2, 0.25) is 0 Å². The Morgan fingerprint density at radius 1 is 1.28 bits per heavy atom. The fraction of sp³-hybridized carbons (Fsp3) is 1.00. The minimum atomic E-state index is -2.76. The SMILES string of the molecule is CCN1CCC(C(C)NC2CCS(=O)(=O)C2)CC1. The second-order valence-electron chi connectivity index (χ2n) is 5.83. The number of sulfone groups is 1. The number of piperidine rings is 1. The summed E-state index contributed by atoms with van der Waals surface area (Å²) in [4.78, 5) is 2.49. The van der Waals surface area contributed by atoms with E-state index in [-0.39, 0.29) is 6.04 Å². The summed E-state index contributed by atoms with van der Waals surface area (Å²) in [5, 5.41) is 3.54. The Morgan fingerprint density at radius 2 is 1.94 bits per heavy atom. The zero-order valence-corrected chi connectivity index (χ0v) is 12.4. The van der Waals surface area contributed by atoms with Gasteiger partial charge >= 0.3 is 0 Å². The Labute approximate surface area is 111 Å². The molecule has 106 valence electrons. The molecule has 18 heavy (non-hydrogen) atoms. The first kappa shape index (κ1) is 14.3. The van der Waals surface area contributed by atoms with Crippen molar-refractivity contribution in [3.05, 3.63) is 0 Å². The molecule has 2 heterocycles. The van der Waals surface area contributed by atoms with Crippen molar-refractivity contribution in [2.45, 2.75) is 45.2 Å². The van der Waals surface area contributed by atoms with Crippen molar-refractivity contribution in [2.75, 3.05) is 31.1 Å². The monoisotopic (exact) mass is 274 g/mol. The standard InChI is InChI=1S/C13H26N2O2S/c1-3-15-7-4-12(5-8-15)11(2)14-13-6-9-18(16,17)10-13/h11-14H,3-10H2,1-2H3. The third kappa shape index (κ3) is 3.68. The molecule has 0 amide bonds. The maximum absolute atomic E-state index is 11.4. The molecule has 5 heteroatoms. The van der Waals surface area contributed by atoms with Crippen LogP contribution in [0.5, 0.6) is 0 Å². The number of rotatable bonds is 4. The van der Waals surface area contributed by atoms with Gasteiger partial charge in [-0.2, -0.15) is 0 Å². The van der Waals surface area contributed by atoms with Crippen molar-refractivity contribution in [2.24, 2.45) is 5.92 Å². The molecule has 0 aliphatic carbocycles. The first-order valence-electron chi connectivity index (χ1n) is 7.19. The molecular formula is C13H26N2O2S. The van der Waals surface area contributed by atoms with Crippen LogP contribution in [0.15, 0.2) is 0 Å². The molecule has 0 bridgehead atoms. The lowest BCUT2D eigenvalue weighted by atomic mass is 9.90. The minimum Gasteiger partial charge on any atom is -0.310 e. The lowest BCUT2D eigenvalue weighted by Gasteiger charge is -2.35. The predicted octanol–water partition coefficient (Wildman–Crippen LogP) is 0.884. The topological polar surface area (TPSA) is 49.4 Å². The molecule has 2 aliphatic heterocycles. The van der Waals surface area contributed by atoms with Crippen LogP contribution in [-0.2, 0) is 9.84 Å². The maximum Gasteiger partial charge on any atom is 0.151 e. The van der Waals surface area contributed by atoms with E-state index in [4.69, 9.17) is 0 Å². The van der Waals surface area contributed by atoms with Crippen molar-refractivity contribution in [1.82, 2.24) is 10.2 Å². The summed E-state index contributed by atoms with van der Waals surface area (Å²) in [5.74, 6) is 1.41. The van der Waals surface area contributed by atoms with Gasteiger partial charge in [-0.25, -0.2) is 8.42 Å². The van der Waals surface area contributed by atoms with Crippen LogP contribution >= 0.6 is 0 Å². The Kier molecular flexibility index (Phi) is 4.67. The normalized spacial score (nSPS) is 31.6. The summed E-state index contributed by atoms with van der Waals surface area (Å²) in [7, 11) is -2.76. The van der Waals surface area contributed by atoms with Gasteiger partial charge in [-0.1, -0.05) is 6.92 Å². The summed E-state index contributed by atoms with van der Waals surface area (Å²) in [6, 6.07) is 0.636. The molecule has 0 saturated carbocycles. The molecular weight excluding hydrogens is 248 g/mol. The molecule has 4 nitrogen and oxygen atoms in total. The Balaban J connectivity index is 1.77. The highest BCUT2D eigenvalue weighted by atomic mass is 32.2. The van der Waals surface area contributed by atoms with E-state index in [1.165, 1.54) is 25.9 Å². The minimum absolute atomic E-state index is 0.189. The summed E-state index contributed by atoms with van der Waals surface area (Å²) in [6.45, 7) is 7.96. The summed E-state index contributed by atoms with van der Waals surface area (Å²) in [5.41, 5.74) is 0. The number of hydrogen-bond donors (Lipinski definition) is 1. The molecule has 0 spiro atoms. The Bertz CT molecular complexity index is 361. The lowest BCUT2D eigenvalue weighted by Crippen LogP contribution is -2.45. The second kappa shape index (κ2) is 5.88. The van der Waals surface area contributed by atoms with E-state index >= 15 is 0 Å². The lowest BCUT2D eigenvalue weighted by molar-refractivity contribution is 0.165. The first-order chi connectivity index (χ1) is 8.50. The van der Waals surface area contributed by atoms with E-state index in [0.29, 0.717) is 23.5 Å². The van der Waals surface area contributed by atoms with Gasteiger partial charge < -0.3 is 10.2 Å². The quantitative estimate of drug-likeness (QED) is 0.827. The van der Waals surface area contributed by atoms with E-state index in [0.717, 1.165) is 13.0 Å².